The van der Waals surface area contributed by atoms with Gasteiger partial charge in [-0.05, 0) is 44.4 Å². The van der Waals surface area contributed by atoms with Gasteiger partial charge >= 0.3 is 5.97 Å². The van der Waals surface area contributed by atoms with Crippen molar-refractivity contribution in [1.82, 2.24) is 10.2 Å². The van der Waals surface area contributed by atoms with E-state index in [0.717, 1.165) is 62.0 Å². The highest BCUT2D eigenvalue weighted by atomic mass is 16.5. The smallest absolute Gasteiger partial charge is 0.337 e. The minimum Gasteiger partial charge on any atom is -0.466 e. The molecular formula is C29H40N2O2. The van der Waals surface area contributed by atoms with Crippen LogP contribution >= 0.6 is 0 Å². The summed E-state index contributed by atoms with van der Waals surface area (Å²) in [5.41, 5.74) is 6.71. The molecule has 0 aromatic heterocycles. The number of unbranched alkanes of at least 4 members (excludes halogenated alkanes) is 2. The number of esters is 1. The number of benzene rings is 2. The molecule has 2 aromatic carbocycles. The van der Waals surface area contributed by atoms with Gasteiger partial charge in [-0.15, -0.1) is 0 Å². The Morgan fingerprint density at radius 3 is 2.06 bits per heavy atom. The van der Waals surface area contributed by atoms with Crippen molar-refractivity contribution in [2.45, 2.75) is 71.9 Å². The standard InChI is InChI=1S/C29H40N2O2/c1-6-8-18-30-25-20-26(23-14-10-21(3)11-15-23)31(19-9-7-2)28(27(25)29(32)33-5)24-16-12-22(4)13-17-24/h10-17,26,28,30H,6-9,18-20H2,1-5H3/t26-,28+/m0/s1. The Morgan fingerprint density at radius 1 is 0.939 bits per heavy atom. The minimum atomic E-state index is -0.233. The van der Waals surface area contributed by atoms with Gasteiger partial charge in [0.05, 0.1) is 18.7 Å². The molecule has 0 amide bonds. The van der Waals surface area contributed by atoms with E-state index in [9.17, 15) is 4.79 Å². The summed E-state index contributed by atoms with van der Waals surface area (Å²) in [6, 6.07) is 17.6. The highest BCUT2D eigenvalue weighted by Gasteiger charge is 2.40. The molecule has 0 fully saturated rings. The molecule has 0 radical (unpaired) electrons. The molecule has 0 spiro atoms. The van der Waals surface area contributed by atoms with E-state index in [1.165, 1.54) is 23.8 Å². The van der Waals surface area contributed by atoms with Crippen LogP contribution in [0.25, 0.3) is 0 Å². The van der Waals surface area contributed by atoms with Crippen LogP contribution in [0.3, 0.4) is 0 Å². The van der Waals surface area contributed by atoms with Gasteiger partial charge in [0.1, 0.15) is 0 Å². The third kappa shape index (κ3) is 6.05. The molecule has 1 N–H and O–H groups in total. The molecule has 4 heteroatoms. The summed E-state index contributed by atoms with van der Waals surface area (Å²) >= 11 is 0. The molecule has 3 rings (SSSR count). The zero-order valence-electron chi connectivity index (χ0n) is 21.0. The van der Waals surface area contributed by atoms with E-state index in [-0.39, 0.29) is 18.1 Å². The third-order valence-electron chi connectivity index (χ3n) is 6.63. The van der Waals surface area contributed by atoms with Crippen molar-refractivity contribution in [1.29, 1.82) is 0 Å². The number of methoxy groups -OCH3 is 1. The summed E-state index contributed by atoms with van der Waals surface area (Å²) < 4.78 is 5.35. The van der Waals surface area contributed by atoms with Gasteiger partial charge in [-0.25, -0.2) is 4.79 Å². The van der Waals surface area contributed by atoms with Gasteiger partial charge in [0.2, 0.25) is 0 Å². The summed E-state index contributed by atoms with van der Waals surface area (Å²) in [7, 11) is 1.49. The summed E-state index contributed by atoms with van der Waals surface area (Å²) in [4.78, 5) is 15.7. The predicted molar refractivity (Wildman–Crippen MR) is 136 cm³/mol. The fraction of sp³-hybridized carbons (Fsp3) is 0.483. The van der Waals surface area contributed by atoms with Crippen molar-refractivity contribution in [2.75, 3.05) is 20.2 Å². The number of nitrogens with zero attached hydrogens (tertiary/aromatic N) is 1. The summed E-state index contributed by atoms with van der Waals surface area (Å²) in [5, 5.41) is 3.64. The van der Waals surface area contributed by atoms with E-state index in [1.54, 1.807) is 0 Å². The quantitative estimate of drug-likeness (QED) is 0.337. The summed E-state index contributed by atoms with van der Waals surface area (Å²) in [5.74, 6) is -0.233. The van der Waals surface area contributed by atoms with Crippen LogP contribution in [0.1, 0.15) is 80.3 Å². The van der Waals surface area contributed by atoms with Gasteiger partial charge in [0.25, 0.3) is 0 Å². The molecule has 2 atom stereocenters. The van der Waals surface area contributed by atoms with Gasteiger partial charge in [0, 0.05) is 24.7 Å². The van der Waals surface area contributed by atoms with Crippen molar-refractivity contribution in [3.05, 3.63) is 82.1 Å². The second-order valence-corrected chi connectivity index (χ2v) is 9.20. The Balaban J connectivity index is 2.17. The van der Waals surface area contributed by atoms with Crippen LogP contribution in [-0.4, -0.2) is 31.1 Å². The molecule has 178 valence electrons. The molecule has 4 nitrogen and oxygen atoms in total. The normalized spacial score (nSPS) is 18.9. The van der Waals surface area contributed by atoms with Crippen LogP contribution in [0.5, 0.6) is 0 Å². The molecular weight excluding hydrogens is 408 g/mol. The molecule has 0 unspecified atom stereocenters. The van der Waals surface area contributed by atoms with Crippen molar-refractivity contribution < 1.29 is 9.53 Å². The lowest BCUT2D eigenvalue weighted by atomic mass is 9.84. The highest BCUT2D eigenvalue weighted by Crippen LogP contribution is 2.45. The van der Waals surface area contributed by atoms with E-state index >= 15 is 0 Å². The van der Waals surface area contributed by atoms with Crippen LogP contribution < -0.4 is 5.32 Å². The topological polar surface area (TPSA) is 41.6 Å². The highest BCUT2D eigenvalue weighted by molar-refractivity contribution is 5.91. The molecule has 2 aromatic rings. The SMILES string of the molecule is CCCCNC1=C(C(=O)OC)[C@@H](c2ccc(C)cc2)N(CCCC)[C@H](c2ccc(C)cc2)C1. The van der Waals surface area contributed by atoms with E-state index in [1.807, 2.05) is 0 Å². The zero-order valence-corrected chi connectivity index (χ0v) is 21.0. The van der Waals surface area contributed by atoms with Crippen LogP contribution in [0.2, 0.25) is 0 Å². The maximum atomic E-state index is 13.2. The average Bonchev–Trinajstić information content (AvgIpc) is 2.83. The predicted octanol–water partition coefficient (Wildman–Crippen LogP) is 6.41. The largest absolute Gasteiger partial charge is 0.466 e. The summed E-state index contributed by atoms with van der Waals surface area (Å²) in [6.07, 6.45) is 5.15. The summed E-state index contributed by atoms with van der Waals surface area (Å²) in [6.45, 7) is 10.4. The van der Waals surface area contributed by atoms with E-state index in [2.05, 4.69) is 86.4 Å². The van der Waals surface area contributed by atoms with Gasteiger partial charge < -0.3 is 10.1 Å². The number of hydrogen-bond acceptors (Lipinski definition) is 4. The number of ether oxygens (including phenoxy) is 1. The van der Waals surface area contributed by atoms with Crippen LogP contribution in [0.15, 0.2) is 59.8 Å². The first kappa shape index (κ1) is 25.0. The third-order valence-corrected chi connectivity index (χ3v) is 6.63. The first-order valence-electron chi connectivity index (χ1n) is 12.4. The van der Waals surface area contributed by atoms with Crippen LogP contribution in [0.4, 0.5) is 0 Å². The average molecular weight is 449 g/mol. The maximum Gasteiger partial charge on any atom is 0.337 e. The lowest BCUT2D eigenvalue weighted by Crippen LogP contribution is -2.43. The van der Waals surface area contributed by atoms with E-state index in [0.29, 0.717) is 0 Å². The van der Waals surface area contributed by atoms with Crippen molar-refractivity contribution in [3.63, 3.8) is 0 Å². The number of carbonyl (C=O) groups is 1. The fourth-order valence-corrected chi connectivity index (χ4v) is 4.69. The molecule has 33 heavy (non-hydrogen) atoms. The van der Waals surface area contributed by atoms with Crippen LogP contribution in [0, 0.1) is 13.8 Å². The van der Waals surface area contributed by atoms with Gasteiger partial charge in [-0.3, -0.25) is 4.90 Å². The van der Waals surface area contributed by atoms with Gasteiger partial charge in [-0.2, -0.15) is 0 Å². The number of hydrogen-bond donors (Lipinski definition) is 1. The Hall–Kier alpha value is -2.59. The minimum absolute atomic E-state index is 0.145. The Bertz CT molecular complexity index is 931. The first-order chi connectivity index (χ1) is 16.0. The van der Waals surface area contributed by atoms with Gasteiger partial charge in [-0.1, -0.05) is 86.3 Å². The second kappa shape index (κ2) is 12.0. The lowest BCUT2D eigenvalue weighted by molar-refractivity contribution is -0.137. The molecule has 1 aliphatic rings. The van der Waals surface area contributed by atoms with Crippen LogP contribution in [-0.2, 0) is 9.53 Å². The lowest BCUT2D eigenvalue weighted by Gasteiger charge is -2.44. The molecule has 0 bridgehead atoms. The van der Waals surface area contributed by atoms with Crippen molar-refractivity contribution >= 4 is 5.97 Å². The van der Waals surface area contributed by atoms with Gasteiger partial charge in [0.15, 0.2) is 0 Å². The molecule has 0 saturated carbocycles. The van der Waals surface area contributed by atoms with Crippen molar-refractivity contribution in [3.8, 4) is 0 Å². The number of carbonyl (C=O) groups excluding carboxylic acids is 1. The van der Waals surface area contributed by atoms with E-state index < -0.39 is 0 Å². The Kier molecular flexibility index (Phi) is 9.13. The molecule has 0 saturated heterocycles. The number of aryl methyl sites for hydroxylation is 2. The number of rotatable bonds is 10. The maximum absolute atomic E-state index is 13.2. The molecule has 1 heterocycles. The Morgan fingerprint density at radius 2 is 1.52 bits per heavy atom. The Labute approximate surface area is 200 Å². The second-order valence-electron chi connectivity index (χ2n) is 9.20. The van der Waals surface area contributed by atoms with E-state index in [4.69, 9.17) is 4.74 Å². The fourth-order valence-electron chi connectivity index (χ4n) is 4.69. The molecule has 0 aliphatic carbocycles. The van der Waals surface area contributed by atoms with Crippen molar-refractivity contribution in [2.24, 2.45) is 0 Å². The zero-order chi connectivity index (χ0) is 23.8. The molecule has 1 aliphatic heterocycles. The monoisotopic (exact) mass is 448 g/mol. The first-order valence-corrected chi connectivity index (χ1v) is 12.4. The number of nitrogens with one attached hydrogen (secondary N) is 1.